The molecule has 0 atom stereocenters. The number of anilines is 2. The molecule has 0 bridgehead atoms. The summed E-state index contributed by atoms with van der Waals surface area (Å²) in [4.78, 5) is 28.9. The predicted octanol–water partition coefficient (Wildman–Crippen LogP) is 4.40. The summed E-state index contributed by atoms with van der Waals surface area (Å²) >= 11 is 4.88. The van der Waals surface area contributed by atoms with Crippen molar-refractivity contribution in [1.29, 1.82) is 0 Å². The molecule has 6 nitrogen and oxygen atoms in total. The van der Waals surface area contributed by atoms with E-state index in [9.17, 15) is 9.59 Å². The van der Waals surface area contributed by atoms with Gasteiger partial charge in [0.2, 0.25) is 5.91 Å². The molecular formula is C21H18BrN3O3S. The molecule has 2 N–H and O–H groups in total. The summed E-state index contributed by atoms with van der Waals surface area (Å²) in [5.41, 5.74) is 3.00. The molecule has 0 radical (unpaired) electrons. The number of aryl methyl sites for hydroxylation is 1. The predicted molar refractivity (Wildman–Crippen MR) is 117 cm³/mol. The van der Waals surface area contributed by atoms with E-state index in [0.717, 1.165) is 27.0 Å². The molecule has 2 heterocycles. The van der Waals surface area contributed by atoms with Crippen LogP contribution in [-0.2, 0) is 22.4 Å². The molecule has 0 unspecified atom stereocenters. The van der Waals surface area contributed by atoms with Crippen LogP contribution in [0.1, 0.15) is 22.4 Å². The number of carbonyl (C=O) groups excluding carboxylic acids is 2. The van der Waals surface area contributed by atoms with E-state index in [0.29, 0.717) is 23.7 Å². The Morgan fingerprint density at radius 1 is 1.21 bits per heavy atom. The molecule has 1 aliphatic rings. The van der Waals surface area contributed by atoms with E-state index in [-0.39, 0.29) is 18.4 Å². The molecule has 8 heteroatoms. The average Bonchev–Trinajstić information content (AvgIpc) is 3.14. The van der Waals surface area contributed by atoms with Crippen molar-refractivity contribution in [3.8, 4) is 5.75 Å². The fourth-order valence-electron chi connectivity index (χ4n) is 3.00. The third-order valence-electron chi connectivity index (χ3n) is 4.43. The molecule has 0 fully saturated rings. The van der Waals surface area contributed by atoms with Gasteiger partial charge >= 0.3 is 0 Å². The molecule has 2 aromatic carbocycles. The molecule has 148 valence electrons. The van der Waals surface area contributed by atoms with Crippen LogP contribution >= 0.6 is 27.3 Å². The molecule has 0 saturated heterocycles. The van der Waals surface area contributed by atoms with Gasteiger partial charge in [0.25, 0.3) is 5.91 Å². The topological polar surface area (TPSA) is 80.3 Å². The zero-order valence-electron chi connectivity index (χ0n) is 15.4. The number of hydrogen-bond donors (Lipinski definition) is 2. The van der Waals surface area contributed by atoms with Crippen molar-refractivity contribution < 1.29 is 14.3 Å². The first kappa shape index (κ1) is 19.6. The second-order valence-corrected chi connectivity index (χ2v) is 8.67. The lowest BCUT2D eigenvalue weighted by Gasteiger charge is -2.17. The molecule has 0 spiro atoms. The van der Waals surface area contributed by atoms with Crippen LogP contribution < -0.4 is 15.4 Å². The molecule has 2 amide bonds. The highest BCUT2D eigenvalue weighted by Crippen LogP contribution is 2.27. The van der Waals surface area contributed by atoms with E-state index in [1.807, 2.05) is 18.2 Å². The smallest absolute Gasteiger partial charge is 0.264 e. The van der Waals surface area contributed by atoms with Gasteiger partial charge < -0.3 is 10.1 Å². The van der Waals surface area contributed by atoms with Crippen molar-refractivity contribution in [2.24, 2.45) is 0 Å². The summed E-state index contributed by atoms with van der Waals surface area (Å²) in [6.07, 6.45) is 3.68. The van der Waals surface area contributed by atoms with Gasteiger partial charge in [0.05, 0.1) is 0 Å². The van der Waals surface area contributed by atoms with Crippen molar-refractivity contribution >= 4 is 49.9 Å². The first-order valence-corrected chi connectivity index (χ1v) is 10.7. The maximum atomic E-state index is 12.2. The van der Waals surface area contributed by atoms with Crippen LogP contribution in [-0.4, -0.2) is 23.4 Å². The summed E-state index contributed by atoms with van der Waals surface area (Å²) in [5.74, 6) is 0.360. The van der Waals surface area contributed by atoms with Crippen LogP contribution in [0.4, 0.5) is 10.8 Å². The van der Waals surface area contributed by atoms with Crippen molar-refractivity contribution in [2.75, 3.05) is 17.2 Å². The van der Waals surface area contributed by atoms with Gasteiger partial charge in [0.15, 0.2) is 11.7 Å². The second kappa shape index (κ2) is 8.75. The normalized spacial score (nSPS) is 12.8. The Bertz CT molecular complexity index is 1050. The van der Waals surface area contributed by atoms with E-state index >= 15 is 0 Å². The zero-order chi connectivity index (χ0) is 20.2. The number of benzene rings is 2. The van der Waals surface area contributed by atoms with Gasteiger partial charge in [-0.25, -0.2) is 4.98 Å². The maximum absolute atomic E-state index is 12.2. The number of thiazole rings is 1. The monoisotopic (exact) mass is 471 g/mol. The Labute approximate surface area is 180 Å². The highest BCUT2D eigenvalue weighted by atomic mass is 79.9. The zero-order valence-corrected chi connectivity index (χ0v) is 17.8. The van der Waals surface area contributed by atoms with Gasteiger partial charge in [-0.3, -0.25) is 14.9 Å². The van der Waals surface area contributed by atoms with Crippen LogP contribution in [0.2, 0.25) is 0 Å². The van der Waals surface area contributed by atoms with Crippen molar-refractivity contribution in [1.82, 2.24) is 4.98 Å². The highest BCUT2D eigenvalue weighted by Gasteiger charge is 2.15. The summed E-state index contributed by atoms with van der Waals surface area (Å²) in [5, 5.41) is 6.15. The van der Waals surface area contributed by atoms with E-state index in [2.05, 4.69) is 43.7 Å². The van der Waals surface area contributed by atoms with Gasteiger partial charge in [-0.2, -0.15) is 0 Å². The summed E-state index contributed by atoms with van der Waals surface area (Å²) < 4.78 is 6.64. The molecular weight excluding hydrogens is 454 g/mol. The van der Waals surface area contributed by atoms with E-state index in [1.165, 1.54) is 16.9 Å². The lowest BCUT2D eigenvalue weighted by Crippen LogP contribution is -2.21. The van der Waals surface area contributed by atoms with Crippen molar-refractivity contribution in [3.05, 3.63) is 69.1 Å². The molecule has 1 aromatic heterocycles. The Morgan fingerprint density at radius 2 is 2.03 bits per heavy atom. The number of ether oxygens (including phenoxy) is 1. The lowest BCUT2D eigenvalue weighted by atomic mass is 10.0. The Morgan fingerprint density at radius 3 is 2.86 bits per heavy atom. The molecule has 0 aliphatic carbocycles. The van der Waals surface area contributed by atoms with Gasteiger partial charge in [-0.05, 0) is 47.9 Å². The molecule has 4 rings (SSSR count). The number of carbonyl (C=O) groups is 2. The Balaban J connectivity index is 1.29. The van der Waals surface area contributed by atoms with Crippen molar-refractivity contribution in [2.45, 2.75) is 19.3 Å². The molecule has 3 aromatic rings. The Kier molecular flexibility index (Phi) is 5.92. The number of halogens is 1. The SMILES string of the molecule is O=C(COc1ccc2c(c1)CCC(=O)N2)Nc1ncc(Cc2ccc(Br)cc2)s1. The lowest BCUT2D eigenvalue weighted by molar-refractivity contribution is -0.118. The highest BCUT2D eigenvalue weighted by molar-refractivity contribution is 9.10. The summed E-state index contributed by atoms with van der Waals surface area (Å²) in [6, 6.07) is 13.5. The first-order chi connectivity index (χ1) is 14.0. The van der Waals surface area contributed by atoms with E-state index in [1.54, 1.807) is 18.3 Å². The van der Waals surface area contributed by atoms with Gasteiger partial charge in [-0.15, -0.1) is 11.3 Å². The van der Waals surface area contributed by atoms with E-state index in [4.69, 9.17) is 4.74 Å². The molecule has 0 saturated carbocycles. The van der Waals surface area contributed by atoms with Crippen LogP contribution in [0, 0.1) is 0 Å². The Hall–Kier alpha value is -2.71. The summed E-state index contributed by atoms with van der Waals surface area (Å²) in [7, 11) is 0. The second-order valence-electron chi connectivity index (χ2n) is 6.64. The third kappa shape index (κ3) is 5.21. The van der Waals surface area contributed by atoms with Crippen LogP contribution in [0.25, 0.3) is 0 Å². The number of nitrogens with one attached hydrogen (secondary N) is 2. The van der Waals surface area contributed by atoms with E-state index < -0.39 is 0 Å². The van der Waals surface area contributed by atoms with Crippen LogP contribution in [0.3, 0.4) is 0 Å². The number of fused-ring (bicyclic) bond motifs is 1. The quantitative estimate of drug-likeness (QED) is 0.558. The van der Waals surface area contributed by atoms with Crippen LogP contribution in [0.15, 0.2) is 53.1 Å². The fraction of sp³-hybridized carbons (Fsp3) is 0.190. The number of amides is 2. The van der Waals surface area contributed by atoms with Gasteiger partial charge in [0.1, 0.15) is 5.75 Å². The number of nitrogens with zero attached hydrogens (tertiary/aromatic N) is 1. The minimum absolute atomic E-state index is 0.0218. The number of hydrogen-bond acceptors (Lipinski definition) is 5. The van der Waals surface area contributed by atoms with Crippen molar-refractivity contribution in [3.63, 3.8) is 0 Å². The number of aromatic nitrogens is 1. The van der Waals surface area contributed by atoms with Gasteiger partial charge in [0, 0.05) is 34.1 Å². The first-order valence-electron chi connectivity index (χ1n) is 9.10. The maximum Gasteiger partial charge on any atom is 0.264 e. The summed E-state index contributed by atoms with van der Waals surface area (Å²) in [6.45, 7) is -0.104. The minimum atomic E-state index is -0.263. The van der Waals surface area contributed by atoms with Crippen LogP contribution in [0.5, 0.6) is 5.75 Å². The third-order valence-corrected chi connectivity index (χ3v) is 5.88. The minimum Gasteiger partial charge on any atom is -0.484 e. The fourth-order valence-corrected chi connectivity index (χ4v) is 4.13. The molecule has 1 aliphatic heterocycles. The standard InChI is InChI=1S/C21H18BrN3O3S/c22-15-4-1-13(2-5-15)9-17-11-23-21(29-17)25-20(27)12-28-16-6-7-18-14(10-16)3-8-19(26)24-18/h1-2,4-7,10-11H,3,8-9,12H2,(H,24,26)(H,23,25,27). The number of rotatable bonds is 6. The van der Waals surface area contributed by atoms with Gasteiger partial charge in [-0.1, -0.05) is 28.1 Å². The largest absolute Gasteiger partial charge is 0.484 e. The molecule has 29 heavy (non-hydrogen) atoms. The average molecular weight is 472 g/mol.